The molecule has 1 amide bonds. The first-order valence-corrected chi connectivity index (χ1v) is 11.6. The minimum atomic E-state index is -0.0763. The molecule has 6 nitrogen and oxygen atoms in total. The van der Waals surface area contributed by atoms with Crippen molar-refractivity contribution in [2.45, 2.75) is 51.1 Å². The van der Waals surface area contributed by atoms with Gasteiger partial charge in [-0.15, -0.1) is 10.2 Å². The van der Waals surface area contributed by atoms with Crippen LogP contribution in [0.3, 0.4) is 0 Å². The van der Waals surface area contributed by atoms with Crippen LogP contribution in [0.4, 0.5) is 5.13 Å². The standard InChI is InChI=1S/C21H28ClN5OS/c1-15(20(28)23-18-4-2-3-5-18)26-10-12-27(13-11-26)21-25-24-19(29-21)14-16-6-8-17(22)9-7-16/h6-9,15,18H,2-5,10-14H2,1H3,(H,23,28). The molecule has 1 aliphatic heterocycles. The molecule has 0 radical (unpaired) electrons. The van der Waals surface area contributed by atoms with E-state index in [0.29, 0.717) is 6.04 Å². The predicted molar refractivity (Wildman–Crippen MR) is 118 cm³/mol. The molecule has 2 heterocycles. The van der Waals surface area contributed by atoms with E-state index in [1.807, 2.05) is 31.2 Å². The number of aromatic nitrogens is 2. The summed E-state index contributed by atoms with van der Waals surface area (Å²) in [5.41, 5.74) is 1.18. The van der Waals surface area contributed by atoms with Crippen molar-refractivity contribution < 1.29 is 4.79 Å². The van der Waals surface area contributed by atoms with Crippen molar-refractivity contribution >= 4 is 34.0 Å². The van der Waals surface area contributed by atoms with E-state index in [0.717, 1.165) is 60.6 Å². The van der Waals surface area contributed by atoms with Crippen LogP contribution in [0.2, 0.25) is 5.02 Å². The molecule has 0 spiro atoms. The van der Waals surface area contributed by atoms with E-state index >= 15 is 0 Å². The number of anilines is 1. The first kappa shape index (κ1) is 20.6. The highest BCUT2D eigenvalue weighted by molar-refractivity contribution is 7.15. The van der Waals surface area contributed by atoms with E-state index in [1.54, 1.807) is 11.3 Å². The lowest BCUT2D eigenvalue weighted by molar-refractivity contribution is -0.126. The van der Waals surface area contributed by atoms with Crippen LogP contribution in [0, 0.1) is 0 Å². The van der Waals surface area contributed by atoms with Gasteiger partial charge in [-0.25, -0.2) is 0 Å². The SMILES string of the molecule is CC(C(=O)NC1CCCC1)N1CCN(c2nnc(Cc3ccc(Cl)cc3)s2)CC1. The average molecular weight is 434 g/mol. The van der Waals surface area contributed by atoms with Gasteiger partial charge in [0, 0.05) is 43.7 Å². The first-order valence-electron chi connectivity index (χ1n) is 10.4. The van der Waals surface area contributed by atoms with Crippen LogP contribution in [-0.2, 0) is 11.2 Å². The van der Waals surface area contributed by atoms with E-state index < -0.39 is 0 Å². The Morgan fingerprint density at radius 2 is 1.86 bits per heavy atom. The highest BCUT2D eigenvalue weighted by Gasteiger charge is 2.28. The number of carbonyl (C=O) groups excluding carboxylic acids is 1. The first-order chi connectivity index (χ1) is 14.1. The van der Waals surface area contributed by atoms with Gasteiger partial charge in [-0.2, -0.15) is 0 Å². The van der Waals surface area contributed by atoms with Crippen LogP contribution in [-0.4, -0.2) is 59.3 Å². The van der Waals surface area contributed by atoms with Crippen molar-refractivity contribution in [1.82, 2.24) is 20.4 Å². The van der Waals surface area contributed by atoms with Crippen molar-refractivity contribution in [3.8, 4) is 0 Å². The number of rotatable bonds is 6. The Labute approximate surface area is 181 Å². The summed E-state index contributed by atoms with van der Waals surface area (Å²) in [6, 6.07) is 8.17. The van der Waals surface area contributed by atoms with E-state index in [9.17, 15) is 4.79 Å². The third-order valence-corrected chi connectivity index (χ3v) is 7.17. The third-order valence-electron chi connectivity index (χ3n) is 5.94. The smallest absolute Gasteiger partial charge is 0.237 e. The lowest BCUT2D eigenvalue weighted by Gasteiger charge is -2.37. The normalized spacial score (nSPS) is 19.4. The molecule has 1 aliphatic carbocycles. The Kier molecular flexibility index (Phi) is 6.67. The van der Waals surface area contributed by atoms with Gasteiger partial charge in [-0.1, -0.05) is 47.9 Å². The summed E-state index contributed by atoms with van der Waals surface area (Å²) in [4.78, 5) is 17.1. The fraction of sp³-hybridized carbons (Fsp3) is 0.571. The van der Waals surface area contributed by atoms with Gasteiger partial charge in [0.05, 0.1) is 6.04 Å². The Hall–Kier alpha value is -1.70. The summed E-state index contributed by atoms with van der Waals surface area (Å²) in [6.45, 7) is 5.50. The van der Waals surface area contributed by atoms with E-state index in [2.05, 4.69) is 25.3 Å². The fourth-order valence-corrected chi connectivity index (χ4v) is 5.13. The highest BCUT2D eigenvalue weighted by Crippen LogP contribution is 2.24. The van der Waals surface area contributed by atoms with Crippen LogP contribution in [0.5, 0.6) is 0 Å². The van der Waals surface area contributed by atoms with Crippen molar-refractivity contribution in [2.75, 3.05) is 31.1 Å². The number of piperazine rings is 1. The van der Waals surface area contributed by atoms with Crippen molar-refractivity contribution in [3.05, 3.63) is 39.9 Å². The number of hydrogen-bond acceptors (Lipinski definition) is 6. The lowest BCUT2D eigenvalue weighted by atomic mass is 10.2. The van der Waals surface area contributed by atoms with Crippen LogP contribution in [0.1, 0.15) is 43.2 Å². The minimum Gasteiger partial charge on any atom is -0.352 e. The highest BCUT2D eigenvalue weighted by atomic mass is 35.5. The summed E-state index contributed by atoms with van der Waals surface area (Å²) in [5.74, 6) is 0.173. The van der Waals surface area contributed by atoms with Gasteiger partial charge in [0.15, 0.2) is 0 Å². The summed E-state index contributed by atoms with van der Waals surface area (Å²) in [5, 5.41) is 14.7. The molecular formula is C21H28ClN5OS. The maximum absolute atomic E-state index is 12.6. The number of benzene rings is 1. The minimum absolute atomic E-state index is 0.0763. The molecule has 0 bridgehead atoms. The average Bonchev–Trinajstić information content (AvgIpc) is 3.41. The number of carbonyl (C=O) groups is 1. The van der Waals surface area contributed by atoms with Crippen molar-refractivity contribution in [1.29, 1.82) is 0 Å². The molecule has 2 fully saturated rings. The number of hydrogen-bond donors (Lipinski definition) is 1. The predicted octanol–water partition coefficient (Wildman–Crippen LogP) is 3.35. The summed E-state index contributed by atoms with van der Waals surface area (Å²) in [6.07, 6.45) is 5.50. The molecule has 29 heavy (non-hydrogen) atoms. The maximum Gasteiger partial charge on any atom is 0.237 e. The van der Waals surface area contributed by atoms with E-state index in [1.165, 1.54) is 18.4 Å². The maximum atomic E-state index is 12.6. The Bertz CT molecular complexity index is 813. The third kappa shape index (κ3) is 5.27. The van der Waals surface area contributed by atoms with Crippen LogP contribution < -0.4 is 10.2 Å². The molecule has 4 rings (SSSR count). The molecule has 1 aromatic heterocycles. The Morgan fingerprint density at radius 3 is 2.55 bits per heavy atom. The second-order valence-corrected chi connectivity index (χ2v) is 9.45. The van der Waals surface area contributed by atoms with Gasteiger partial charge in [-0.3, -0.25) is 9.69 Å². The molecule has 2 aliphatic rings. The number of halogens is 1. The van der Waals surface area contributed by atoms with Gasteiger partial charge in [0.25, 0.3) is 0 Å². The zero-order valence-electron chi connectivity index (χ0n) is 16.8. The van der Waals surface area contributed by atoms with Crippen molar-refractivity contribution in [3.63, 3.8) is 0 Å². The zero-order valence-corrected chi connectivity index (χ0v) is 18.4. The number of amides is 1. The summed E-state index contributed by atoms with van der Waals surface area (Å²) < 4.78 is 0. The van der Waals surface area contributed by atoms with Gasteiger partial charge >= 0.3 is 0 Å². The molecule has 156 valence electrons. The van der Waals surface area contributed by atoms with Gasteiger partial charge in [0.2, 0.25) is 11.0 Å². The molecular weight excluding hydrogens is 406 g/mol. The molecule has 1 atom stereocenters. The van der Waals surface area contributed by atoms with Crippen LogP contribution >= 0.6 is 22.9 Å². The van der Waals surface area contributed by atoms with Crippen LogP contribution in [0.15, 0.2) is 24.3 Å². The Morgan fingerprint density at radius 1 is 1.17 bits per heavy atom. The summed E-state index contributed by atoms with van der Waals surface area (Å²) in [7, 11) is 0. The molecule has 8 heteroatoms. The van der Waals surface area contributed by atoms with E-state index in [-0.39, 0.29) is 11.9 Å². The van der Waals surface area contributed by atoms with Gasteiger partial charge in [-0.05, 0) is 37.5 Å². The largest absolute Gasteiger partial charge is 0.352 e. The second kappa shape index (κ2) is 9.41. The number of nitrogens with zero attached hydrogens (tertiary/aromatic N) is 4. The van der Waals surface area contributed by atoms with Gasteiger partial charge < -0.3 is 10.2 Å². The van der Waals surface area contributed by atoms with Crippen molar-refractivity contribution in [2.24, 2.45) is 0 Å². The molecule has 1 saturated carbocycles. The molecule has 1 saturated heterocycles. The van der Waals surface area contributed by atoms with Crippen LogP contribution in [0.25, 0.3) is 0 Å². The summed E-state index contributed by atoms with van der Waals surface area (Å²) >= 11 is 7.60. The van der Waals surface area contributed by atoms with Gasteiger partial charge in [0.1, 0.15) is 5.01 Å². The molecule has 1 unspecified atom stereocenters. The molecule has 1 aromatic carbocycles. The second-order valence-electron chi connectivity index (χ2n) is 7.97. The topological polar surface area (TPSA) is 61.4 Å². The molecule has 1 N–H and O–H groups in total. The Balaban J connectivity index is 1.27. The quantitative estimate of drug-likeness (QED) is 0.756. The zero-order chi connectivity index (χ0) is 20.2. The molecule has 2 aromatic rings. The monoisotopic (exact) mass is 433 g/mol. The lowest BCUT2D eigenvalue weighted by Crippen LogP contribution is -2.54. The van der Waals surface area contributed by atoms with E-state index in [4.69, 9.17) is 11.6 Å². The fourth-order valence-electron chi connectivity index (χ4n) is 4.08. The number of nitrogens with one attached hydrogen (secondary N) is 1.